The fraction of sp³-hybridized carbons (Fsp3) is 0.381. The molecule has 0 unspecified atom stereocenters. The van der Waals surface area contributed by atoms with Gasteiger partial charge in [0.05, 0.1) is 18.9 Å². The van der Waals surface area contributed by atoms with E-state index in [0.717, 1.165) is 24.8 Å². The molecule has 0 atom stereocenters. The molecular weight excluding hydrogens is 330 g/mol. The number of ether oxygens (including phenoxy) is 2. The number of phenols is 1. The highest BCUT2D eigenvalue weighted by atomic mass is 16.7. The zero-order chi connectivity index (χ0) is 18.4. The van der Waals surface area contributed by atoms with E-state index >= 15 is 0 Å². The van der Waals surface area contributed by atoms with Crippen LogP contribution in [0.15, 0.2) is 42.5 Å². The first-order valence-electron chi connectivity index (χ1n) is 9.03. The number of anilines is 1. The predicted octanol–water partition coefficient (Wildman–Crippen LogP) is 4.10. The molecular formula is C21H25NO4. The van der Waals surface area contributed by atoms with Crippen molar-refractivity contribution in [2.45, 2.75) is 38.9 Å². The molecule has 1 aliphatic rings. The van der Waals surface area contributed by atoms with Gasteiger partial charge < -0.3 is 19.9 Å². The van der Waals surface area contributed by atoms with E-state index in [0.29, 0.717) is 25.3 Å². The molecule has 0 spiro atoms. The molecule has 0 aliphatic carbocycles. The van der Waals surface area contributed by atoms with Gasteiger partial charge in [-0.15, -0.1) is 0 Å². The summed E-state index contributed by atoms with van der Waals surface area (Å²) in [5, 5.41) is 12.8. The van der Waals surface area contributed by atoms with Crippen LogP contribution in [0.1, 0.15) is 42.2 Å². The van der Waals surface area contributed by atoms with Crippen molar-refractivity contribution >= 4 is 11.6 Å². The van der Waals surface area contributed by atoms with Crippen molar-refractivity contribution in [3.63, 3.8) is 0 Å². The average molecular weight is 355 g/mol. The molecule has 3 rings (SSSR count). The smallest absolute Gasteiger partial charge is 0.224 e. The number of carbonyl (C=O) groups excluding carboxylic acids is 1. The van der Waals surface area contributed by atoms with E-state index in [1.165, 1.54) is 11.1 Å². The van der Waals surface area contributed by atoms with Gasteiger partial charge in [0.1, 0.15) is 5.75 Å². The van der Waals surface area contributed by atoms with Crippen molar-refractivity contribution < 1.29 is 19.4 Å². The maximum atomic E-state index is 12.2. The van der Waals surface area contributed by atoms with E-state index < -0.39 is 6.29 Å². The topological polar surface area (TPSA) is 67.8 Å². The van der Waals surface area contributed by atoms with Gasteiger partial charge in [0.2, 0.25) is 5.91 Å². The Morgan fingerprint density at radius 3 is 2.62 bits per heavy atom. The molecule has 26 heavy (non-hydrogen) atoms. The summed E-state index contributed by atoms with van der Waals surface area (Å²) in [6.45, 7) is 3.35. The number of rotatable bonds is 6. The van der Waals surface area contributed by atoms with Gasteiger partial charge in [-0.1, -0.05) is 35.9 Å². The minimum Gasteiger partial charge on any atom is -0.506 e. The summed E-state index contributed by atoms with van der Waals surface area (Å²) in [6.07, 6.45) is 2.43. The van der Waals surface area contributed by atoms with E-state index in [4.69, 9.17) is 9.47 Å². The second-order valence-corrected chi connectivity index (χ2v) is 6.59. The van der Waals surface area contributed by atoms with Gasteiger partial charge in [0.15, 0.2) is 6.29 Å². The molecule has 1 aliphatic heterocycles. The maximum Gasteiger partial charge on any atom is 0.224 e. The van der Waals surface area contributed by atoms with Gasteiger partial charge in [-0.25, -0.2) is 0 Å². The van der Waals surface area contributed by atoms with E-state index in [2.05, 4.69) is 36.5 Å². The Balaban J connectivity index is 1.53. The van der Waals surface area contributed by atoms with Crippen molar-refractivity contribution in [1.82, 2.24) is 0 Å². The molecule has 0 bridgehead atoms. The highest BCUT2D eigenvalue weighted by molar-refractivity contribution is 5.92. The Morgan fingerprint density at radius 1 is 1.15 bits per heavy atom. The normalized spacial score (nSPS) is 15.0. The lowest BCUT2D eigenvalue weighted by Crippen LogP contribution is -2.18. The Bertz CT molecular complexity index is 736. The minimum atomic E-state index is -0.443. The second-order valence-electron chi connectivity index (χ2n) is 6.59. The van der Waals surface area contributed by atoms with Crippen LogP contribution in [0.2, 0.25) is 0 Å². The van der Waals surface area contributed by atoms with Crippen LogP contribution >= 0.6 is 0 Å². The largest absolute Gasteiger partial charge is 0.506 e. The molecule has 5 nitrogen and oxygen atoms in total. The molecule has 1 saturated heterocycles. The molecule has 138 valence electrons. The van der Waals surface area contributed by atoms with Gasteiger partial charge in [-0.3, -0.25) is 4.79 Å². The molecule has 5 heteroatoms. The van der Waals surface area contributed by atoms with Gasteiger partial charge in [0.25, 0.3) is 0 Å². The predicted molar refractivity (Wildman–Crippen MR) is 100 cm³/mol. The average Bonchev–Trinajstić information content (AvgIpc) is 2.66. The van der Waals surface area contributed by atoms with E-state index in [-0.39, 0.29) is 11.7 Å². The Kier molecular flexibility index (Phi) is 6.26. The summed E-state index contributed by atoms with van der Waals surface area (Å²) in [5.74, 6) is -0.0773. The highest BCUT2D eigenvalue weighted by Gasteiger charge is 2.18. The molecule has 0 aromatic heterocycles. The summed E-state index contributed by atoms with van der Waals surface area (Å²) >= 11 is 0. The molecule has 2 N–H and O–H groups in total. The lowest BCUT2D eigenvalue weighted by molar-refractivity contribution is -0.183. The zero-order valence-corrected chi connectivity index (χ0v) is 15.0. The fourth-order valence-electron chi connectivity index (χ4n) is 2.90. The molecule has 1 fully saturated rings. The summed E-state index contributed by atoms with van der Waals surface area (Å²) in [4.78, 5) is 12.2. The highest BCUT2D eigenvalue weighted by Crippen LogP contribution is 2.30. The molecule has 2 aromatic carbocycles. The van der Waals surface area contributed by atoms with Crippen molar-refractivity contribution in [3.05, 3.63) is 59.2 Å². The second kappa shape index (κ2) is 8.83. The lowest BCUT2D eigenvalue weighted by Gasteiger charge is -2.24. The molecule has 2 aromatic rings. The van der Waals surface area contributed by atoms with Gasteiger partial charge in [-0.05, 0) is 43.9 Å². The zero-order valence-electron chi connectivity index (χ0n) is 15.0. The number of phenolic OH excluding ortho intramolecular Hbond substituents is 1. The maximum absolute atomic E-state index is 12.2. The van der Waals surface area contributed by atoms with Gasteiger partial charge in [0, 0.05) is 12.0 Å². The minimum absolute atomic E-state index is 0.0384. The van der Waals surface area contributed by atoms with E-state index in [1.807, 2.05) is 0 Å². The first-order chi connectivity index (χ1) is 12.6. The first kappa shape index (κ1) is 18.4. The molecule has 1 heterocycles. The molecule has 1 amide bonds. The summed E-state index contributed by atoms with van der Waals surface area (Å²) < 4.78 is 11.1. The summed E-state index contributed by atoms with van der Waals surface area (Å²) in [7, 11) is 0. The van der Waals surface area contributed by atoms with Gasteiger partial charge >= 0.3 is 0 Å². The number of amides is 1. The monoisotopic (exact) mass is 355 g/mol. The van der Waals surface area contributed by atoms with Crippen molar-refractivity contribution in [2.24, 2.45) is 0 Å². The van der Waals surface area contributed by atoms with Crippen LogP contribution in [0, 0.1) is 6.92 Å². The van der Waals surface area contributed by atoms with Gasteiger partial charge in [-0.2, -0.15) is 0 Å². The Morgan fingerprint density at radius 2 is 1.88 bits per heavy atom. The number of aryl methyl sites for hydroxylation is 2. The first-order valence-corrected chi connectivity index (χ1v) is 9.03. The number of hydrogen-bond acceptors (Lipinski definition) is 4. The van der Waals surface area contributed by atoms with Crippen LogP contribution in [0.3, 0.4) is 0 Å². The number of nitrogens with one attached hydrogen (secondary N) is 1. The van der Waals surface area contributed by atoms with Crippen molar-refractivity contribution in [2.75, 3.05) is 18.5 Å². The fourth-order valence-corrected chi connectivity index (χ4v) is 2.90. The summed E-state index contributed by atoms with van der Waals surface area (Å²) in [5.41, 5.74) is 3.63. The quantitative estimate of drug-likeness (QED) is 0.766. The van der Waals surface area contributed by atoms with Crippen LogP contribution in [-0.2, 0) is 20.7 Å². The van der Waals surface area contributed by atoms with Crippen molar-refractivity contribution in [3.8, 4) is 5.75 Å². The molecule has 0 saturated carbocycles. The van der Waals surface area contributed by atoms with Crippen LogP contribution < -0.4 is 5.32 Å². The van der Waals surface area contributed by atoms with E-state index in [9.17, 15) is 9.90 Å². The Labute approximate surface area is 153 Å². The standard InChI is InChI=1S/C21H25NO4/c1-15-6-8-16(9-7-15)4-2-5-20(24)22-18-14-17(10-11-19(18)23)21-25-12-3-13-26-21/h6-11,14,21,23H,2-5,12-13H2,1H3,(H,22,24). The third kappa shape index (κ3) is 5.07. The Hall–Kier alpha value is -2.37. The third-order valence-electron chi connectivity index (χ3n) is 4.38. The van der Waals surface area contributed by atoms with Crippen molar-refractivity contribution in [1.29, 1.82) is 0 Å². The molecule has 0 radical (unpaired) electrons. The number of hydrogen-bond donors (Lipinski definition) is 2. The SMILES string of the molecule is Cc1ccc(CCCC(=O)Nc2cc(C3OCCCO3)ccc2O)cc1. The number of carbonyl (C=O) groups is 1. The third-order valence-corrected chi connectivity index (χ3v) is 4.38. The van der Waals surface area contributed by atoms with Crippen LogP contribution in [0.25, 0.3) is 0 Å². The van der Waals surface area contributed by atoms with E-state index in [1.54, 1.807) is 18.2 Å². The lowest BCUT2D eigenvalue weighted by atomic mass is 10.1. The number of aromatic hydroxyl groups is 1. The number of benzene rings is 2. The van der Waals surface area contributed by atoms with Crippen LogP contribution in [0.4, 0.5) is 5.69 Å². The van der Waals surface area contributed by atoms with Crippen LogP contribution in [-0.4, -0.2) is 24.2 Å². The summed E-state index contributed by atoms with van der Waals surface area (Å²) in [6, 6.07) is 13.3. The van der Waals surface area contributed by atoms with Crippen LogP contribution in [0.5, 0.6) is 5.75 Å².